The maximum atomic E-state index is 6.87. The maximum Gasteiger partial charge on any atom is 0.146 e. The molecule has 9 rings (SSSR count). The lowest BCUT2D eigenvalue weighted by molar-refractivity contribution is -0.00842. The van der Waals surface area contributed by atoms with Crippen LogP contribution in [0.3, 0.4) is 0 Å². The molecule has 0 radical (unpaired) electrons. The Balaban J connectivity index is 0.911. The van der Waals surface area contributed by atoms with Gasteiger partial charge in [-0.05, 0) is 116 Å². The summed E-state index contributed by atoms with van der Waals surface area (Å²) in [4.78, 5) is 4.59. The standard InChI is InChI=1S/C58H66N10O2/c1-58(2,3)48-32-30-39(31-33-48)37-67(49-25-6-4-7-26-49)54(63-61)43-20-13-18-41(34-43)52(59)70-53(60)42-19-14-21-44(35-42)55-65-66-56(68(55)50-27-8-5-9-28-50)45-22-15-23-46(36-45)57(64-62)69-38-47-24-12-17-40-16-10-11-29-51(40)47/h4-32,34-36,48,52-57,63-66H,33,37-38,59-62H2,1-3H3. The summed E-state index contributed by atoms with van der Waals surface area (Å²) in [6, 6.07) is 59.7. The minimum atomic E-state index is -0.827. The van der Waals surface area contributed by atoms with Crippen LogP contribution in [0.4, 0.5) is 11.4 Å². The van der Waals surface area contributed by atoms with Crippen LogP contribution < -0.4 is 54.7 Å². The summed E-state index contributed by atoms with van der Waals surface area (Å²) in [5, 5.41) is 2.32. The third-order valence-electron chi connectivity index (χ3n) is 13.5. The predicted molar refractivity (Wildman–Crippen MR) is 282 cm³/mol. The van der Waals surface area contributed by atoms with Gasteiger partial charge < -0.3 is 30.7 Å². The van der Waals surface area contributed by atoms with Gasteiger partial charge in [0.15, 0.2) is 0 Å². The molecule has 7 aromatic rings. The molecule has 0 spiro atoms. The van der Waals surface area contributed by atoms with Crippen LogP contribution in [0.25, 0.3) is 10.8 Å². The Morgan fingerprint density at radius 3 is 1.90 bits per heavy atom. The predicted octanol–water partition coefficient (Wildman–Crippen LogP) is 9.98. The van der Waals surface area contributed by atoms with Gasteiger partial charge in [0.25, 0.3) is 0 Å². The second-order valence-corrected chi connectivity index (χ2v) is 19.2. The number of allylic oxidation sites excluding steroid dienone is 2. The number of para-hydroxylation sites is 2. The van der Waals surface area contributed by atoms with E-state index in [9.17, 15) is 0 Å². The Hall–Kier alpha value is -6.52. The molecule has 7 atom stereocenters. The molecule has 0 bridgehead atoms. The Labute approximate surface area is 412 Å². The number of fused-ring (bicyclic) bond motifs is 1. The smallest absolute Gasteiger partial charge is 0.146 e. The number of hydrogen-bond acceptors (Lipinski definition) is 12. The summed E-state index contributed by atoms with van der Waals surface area (Å²) < 4.78 is 12.9. The SMILES string of the molecule is CC(C)(C)C1C=CC(CN(c2ccccc2)C(NN)c2cccc(C(N)OC(N)c3cccc(C4NNC(c5cccc(C(NN)OCc6cccc7ccccc67)c5)N4c4ccccc4)c3)c2)=CC1. The Kier molecular flexibility index (Phi) is 15.3. The maximum absolute atomic E-state index is 6.87. The van der Waals surface area contributed by atoms with Crippen molar-refractivity contribution in [3.05, 3.63) is 239 Å². The topological polar surface area (TPSA) is 177 Å². The monoisotopic (exact) mass is 935 g/mol. The Morgan fingerprint density at radius 1 is 0.657 bits per heavy atom. The van der Waals surface area contributed by atoms with E-state index in [4.69, 9.17) is 32.6 Å². The average Bonchev–Trinajstić information content (AvgIpc) is 3.85. The molecule has 0 amide bonds. The first-order valence-electron chi connectivity index (χ1n) is 24.1. The molecular formula is C58H66N10O2. The van der Waals surface area contributed by atoms with E-state index in [0.29, 0.717) is 19.1 Å². The van der Waals surface area contributed by atoms with Crippen molar-refractivity contribution in [2.24, 2.45) is 34.5 Å². The molecule has 12 N–H and O–H groups in total. The summed E-state index contributed by atoms with van der Waals surface area (Å²) in [5.74, 6) is 13.0. The van der Waals surface area contributed by atoms with Crippen molar-refractivity contribution >= 4 is 22.1 Å². The van der Waals surface area contributed by atoms with Crippen molar-refractivity contribution in [3.63, 3.8) is 0 Å². The molecule has 1 fully saturated rings. The number of nitrogens with zero attached hydrogens (tertiary/aromatic N) is 2. The number of nitrogens with one attached hydrogen (secondary N) is 4. The lowest BCUT2D eigenvalue weighted by atomic mass is 9.76. The average molecular weight is 935 g/mol. The van der Waals surface area contributed by atoms with Gasteiger partial charge in [-0.1, -0.05) is 172 Å². The molecule has 7 unspecified atom stereocenters. The molecule has 1 heterocycles. The van der Waals surface area contributed by atoms with Crippen LogP contribution in [-0.4, -0.2) is 6.54 Å². The van der Waals surface area contributed by atoms with Gasteiger partial charge in [-0.2, -0.15) is 0 Å². The van der Waals surface area contributed by atoms with Gasteiger partial charge in [0.05, 0.1) is 6.61 Å². The van der Waals surface area contributed by atoms with Crippen molar-refractivity contribution < 1.29 is 9.47 Å². The lowest BCUT2D eigenvalue weighted by Gasteiger charge is -2.36. The van der Waals surface area contributed by atoms with Crippen LogP contribution in [0.5, 0.6) is 0 Å². The number of rotatable bonds is 18. The molecule has 12 heteroatoms. The highest BCUT2D eigenvalue weighted by Crippen LogP contribution is 2.39. The quantitative estimate of drug-likeness (QED) is 0.0233. The van der Waals surface area contributed by atoms with E-state index in [2.05, 4.69) is 155 Å². The van der Waals surface area contributed by atoms with E-state index in [1.807, 2.05) is 91.0 Å². The molecular weight excluding hydrogens is 869 g/mol. The van der Waals surface area contributed by atoms with Gasteiger partial charge >= 0.3 is 0 Å². The molecule has 1 aliphatic carbocycles. The zero-order valence-electron chi connectivity index (χ0n) is 40.2. The third-order valence-corrected chi connectivity index (χ3v) is 13.5. The normalized spacial score (nSPS) is 18.9. The minimum Gasteiger partial charge on any atom is -0.353 e. The summed E-state index contributed by atoms with van der Waals surface area (Å²) in [6.07, 6.45) is 4.84. The molecule has 1 saturated heterocycles. The van der Waals surface area contributed by atoms with Gasteiger partial charge in [-0.25, -0.2) is 21.7 Å². The molecule has 0 aromatic heterocycles. The number of hydrazine groups is 3. The highest BCUT2D eigenvalue weighted by molar-refractivity contribution is 5.85. The second kappa shape index (κ2) is 22.1. The minimum absolute atomic E-state index is 0.197. The van der Waals surface area contributed by atoms with Crippen molar-refractivity contribution in [2.45, 2.75) is 71.0 Å². The van der Waals surface area contributed by atoms with Gasteiger partial charge in [0.1, 0.15) is 37.2 Å². The van der Waals surface area contributed by atoms with Crippen LogP contribution in [0.1, 0.15) is 103 Å². The molecule has 7 aromatic carbocycles. The Bertz CT molecular complexity index is 2880. The van der Waals surface area contributed by atoms with Gasteiger partial charge in [-0.15, -0.1) is 0 Å². The van der Waals surface area contributed by atoms with Crippen molar-refractivity contribution in [1.82, 2.24) is 21.7 Å². The highest BCUT2D eigenvalue weighted by atomic mass is 16.5. The lowest BCUT2D eigenvalue weighted by Crippen LogP contribution is -2.43. The summed E-state index contributed by atoms with van der Waals surface area (Å²) in [6.45, 7) is 7.92. The van der Waals surface area contributed by atoms with Crippen LogP contribution in [-0.2, 0) is 16.1 Å². The Morgan fingerprint density at radius 2 is 1.24 bits per heavy atom. The van der Waals surface area contributed by atoms with E-state index >= 15 is 0 Å². The van der Waals surface area contributed by atoms with E-state index in [1.54, 1.807) is 0 Å². The molecule has 2 aliphatic rings. The molecule has 0 saturated carbocycles. The fourth-order valence-corrected chi connectivity index (χ4v) is 9.62. The summed E-state index contributed by atoms with van der Waals surface area (Å²) in [5.41, 5.74) is 36.8. The van der Waals surface area contributed by atoms with Gasteiger partial charge in [-0.3, -0.25) is 11.7 Å². The van der Waals surface area contributed by atoms with Gasteiger partial charge in [0, 0.05) is 17.9 Å². The number of nitrogens with two attached hydrogens (primary N) is 4. The summed E-state index contributed by atoms with van der Waals surface area (Å²) in [7, 11) is 0. The first-order chi connectivity index (χ1) is 34.1. The molecule has 360 valence electrons. The fraction of sp³-hybridized carbons (Fsp3) is 0.241. The van der Waals surface area contributed by atoms with E-state index in [0.717, 1.165) is 62.1 Å². The molecule has 12 nitrogen and oxygen atoms in total. The first kappa shape index (κ1) is 48.5. The van der Waals surface area contributed by atoms with Crippen LogP contribution in [0.15, 0.2) is 200 Å². The van der Waals surface area contributed by atoms with Crippen LogP contribution in [0.2, 0.25) is 0 Å². The number of anilines is 2. The third kappa shape index (κ3) is 11.1. The number of benzene rings is 7. The molecule has 1 aliphatic heterocycles. The second-order valence-electron chi connectivity index (χ2n) is 19.2. The van der Waals surface area contributed by atoms with E-state index in [-0.39, 0.29) is 23.9 Å². The van der Waals surface area contributed by atoms with E-state index < -0.39 is 18.7 Å². The van der Waals surface area contributed by atoms with Crippen LogP contribution in [0, 0.1) is 11.3 Å². The number of hydrogen-bond donors (Lipinski definition) is 8. The number of ether oxygens (including phenoxy) is 2. The molecule has 70 heavy (non-hydrogen) atoms. The fourth-order valence-electron chi connectivity index (χ4n) is 9.62. The van der Waals surface area contributed by atoms with Crippen LogP contribution >= 0.6 is 0 Å². The largest absolute Gasteiger partial charge is 0.353 e. The first-order valence-corrected chi connectivity index (χ1v) is 24.1. The van der Waals surface area contributed by atoms with Crippen molar-refractivity contribution in [1.29, 1.82) is 0 Å². The van der Waals surface area contributed by atoms with Crippen molar-refractivity contribution in [3.8, 4) is 0 Å². The zero-order chi connectivity index (χ0) is 48.6. The van der Waals surface area contributed by atoms with Crippen molar-refractivity contribution in [2.75, 3.05) is 16.3 Å². The summed E-state index contributed by atoms with van der Waals surface area (Å²) >= 11 is 0. The highest BCUT2D eigenvalue weighted by Gasteiger charge is 2.36. The van der Waals surface area contributed by atoms with E-state index in [1.165, 1.54) is 11.0 Å². The van der Waals surface area contributed by atoms with Gasteiger partial charge in [0.2, 0.25) is 0 Å². The zero-order valence-corrected chi connectivity index (χ0v) is 40.2.